The predicted molar refractivity (Wildman–Crippen MR) is 134 cm³/mol. The molecular weight excluding hydrogens is 446 g/mol. The number of nitrogens with one attached hydrogen (secondary N) is 2. The maximum absolute atomic E-state index is 12.9. The summed E-state index contributed by atoms with van der Waals surface area (Å²) in [4.78, 5) is 24.1. The molecule has 7 nitrogen and oxygen atoms in total. The average Bonchev–Trinajstić information content (AvgIpc) is 3.22. The van der Waals surface area contributed by atoms with Crippen molar-refractivity contribution in [1.82, 2.24) is 20.1 Å². The van der Waals surface area contributed by atoms with Crippen molar-refractivity contribution in [1.29, 1.82) is 0 Å². The SMILES string of the molecule is CC(=O)Nc1ccc(-c2nnc(SCC(=O)NC(c3ccccc3)c3ccccc3)n2C)cc1. The number of nitrogens with zero attached hydrogens (tertiary/aromatic N) is 3. The second-order valence-corrected chi connectivity index (χ2v) is 8.68. The maximum atomic E-state index is 12.9. The standard InChI is InChI=1S/C26H25N5O2S/c1-18(32)27-22-15-13-21(14-16-22)25-29-30-26(31(25)2)34-17-23(33)28-24(19-9-5-3-6-10-19)20-11-7-4-8-12-20/h3-16,24H,17H2,1-2H3,(H,27,32)(H,28,33). The van der Waals surface area contributed by atoms with Gasteiger partial charge < -0.3 is 15.2 Å². The van der Waals surface area contributed by atoms with Crippen LogP contribution in [0.4, 0.5) is 5.69 Å². The van der Waals surface area contributed by atoms with Crippen LogP contribution in [0.5, 0.6) is 0 Å². The average molecular weight is 472 g/mol. The summed E-state index contributed by atoms with van der Waals surface area (Å²) >= 11 is 1.33. The van der Waals surface area contributed by atoms with Crippen molar-refractivity contribution in [3.05, 3.63) is 96.1 Å². The molecule has 0 bridgehead atoms. The maximum Gasteiger partial charge on any atom is 0.231 e. The molecule has 0 fully saturated rings. The molecule has 2 N–H and O–H groups in total. The van der Waals surface area contributed by atoms with E-state index in [2.05, 4.69) is 20.8 Å². The highest BCUT2D eigenvalue weighted by Crippen LogP contribution is 2.25. The first-order valence-corrected chi connectivity index (χ1v) is 11.8. The number of benzene rings is 3. The fourth-order valence-corrected chi connectivity index (χ4v) is 4.30. The van der Waals surface area contributed by atoms with E-state index in [9.17, 15) is 9.59 Å². The minimum Gasteiger partial charge on any atom is -0.344 e. The van der Waals surface area contributed by atoms with E-state index in [1.807, 2.05) is 96.5 Å². The molecule has 2 amide bonds. The van der Waals surface area contributed by atoms with Crippen LogP contribution in [0.3, 0.4) is 0 Å². The molecule has 0 radical (unpaired) electrons. The van der Waals surface area contributed by atoms with Crippen LogP contribution < -0.4 is 10.6 Å². The van der Waals surface area contributed by atoms with E-state index in [0.717, 1.165) is 22.4 Å². The minimum atomic E-state index is -0.229. The van der Waals surface area contributed by atoms with E-state index in [1.165, 1.54) is 18.7 Å². The first-order valence-electron chi connectivity index (χ1n) is 10.8. The van der Waals surface area contributed by atoms with Crippen LogP contribution in [0.1, 0.15) is 24.1 Å². The Labute approximate surface area is 202 Å². The van der Waals surface area contributed by atoms with E-state index >= 15 is 0 Å². The Morgan fingerprint density at radius 2 is 1.47 bits per heavy atom. The van der Waals surface area contributed by atoms with Gasteiger partial charge in [0.25, 0.3) is 0 Å². The van der Waals surface area contributed by atoms with Crippen LogP contribution in [0.15, 0.2) is 90.1 Å². The van der Waals surface area contributed by atoms with Crippen molar-refractivity contribution in [3.63, 3.8) is 0 Å². The molecule has 0 saturated heterocycles. The number of anilines is 1. The molecule has 0 spiro atoms. The van der Waals surface area contributed by atoms with Crippen LogP contribution in [-0.4, -0.2) is 32.3 Å². The van der Waals surface area contributed by atoms with Crippen LogP contribution in [0.2, 0.25) is 0 Å². The van der Waals surface area contributed by atoms with E-state index in [1.54, 1.807) is 0 Å². The highest BCUT2D eigenvalue weighted by molar-refractivity contribution is 7.99. The lowest BCUT2D eigenvalue weighted by Crippen LogP contribution is -2.30. The Morgan fingerprint density at radius 1 is 0.882 bits per heavy atom. The Balaban J connectivity index is 1.43. The van der Waals surface area contributed by atoms with Crippen molar-refractivity contribution in [3.8, 4) is 11.4 Å². The largest absolute Gasteiger partial charge is 0.344 e. The van der Waals surface area contributed by atoms with Gasteiger partial charge in [0.1, 0.15) is 0 Å². The molecule has 0 atom stereocenters. The Kier molecular flexibility index (Phi) is 7.39. The zero-order valence-electron chi connectivity index (χ0n) is 18.9. The Hall–Kier alpha value is -3.91. The first kappa shape index (κ1) is 23.3. The summed E-state index contributed by atoms with van der Waals surface area (Å²) in [6.07, 6.45) is 0. The van der Waals surface area contributed by atoms with Crippen molar-refractivity contribution in [2.24, 2.45) is 7.05 Å². The summed E-state index contributed by atoms with van der Waals surface area (Å²) in [7, 11) is 1.87. The third-order valence-corrected chi connectivity index (χ3v) is 6.22. The molecule has 1 aromatic heterocycles. The molecule has 4 aromatic rings. The molecule has 0 saturated carbocycles. The third kappa shape index (κ3) is 5.71. The highest BCUT2D eigenvalue weighted by atomic mass is 32.2. The molecule has 34 heavy (non-hydrogen) atoms. The lowest BCUT2D eigenvalue weighted by atomic mass is 9.99. The fraction of sp³-hybridized carbons (Fsp3) is 0.154. The Morgan fingerprint density at radius 3 is 2.03 bits per heavy atom. The van der Waals surface area contributed by atoms with Gasteiger partial charge in [0, 0.05) is 25.2 Å². The second-order valence-electron chi connectivity index (χ2n) is 7.73. The summed E-state index contributed by atoms with van der Waals surface area (Å²) in [5, 5.41) is 15.1. The number of aromatic nitrogens is 3. The number of hydrogen-bond acceptors (Lipinski definition) is 5. The molecular formula is C26H25N5O2S. The second kappa shape index (κ2) is 10.8. The van der Waals surface area contributed by atoms with Gasteiger partial charge in [-0.05, 0) is 35.4 Å². The van der Waals surface area contributed by atoms with E-state index < -0.39 is 0 Å². The number of carbonyl (C=O) groups excluding carboxylic acids is 2. The van der Waals surface area contributed by atoms with E-state index in [-0.39, 0.29) is 23.6 Å². The Bertz CT molecular complexity index is 1220. The van der Waals surface area contributed by atoms with Crippen LogP contribution >= 0.6 is 11.8 Å². The smallest absolute Gasteiger partial charge is 0.231 e. The van der Waals surface area contributed by atoms with Gasteiger partial charge in [-0.25, -0.2) is 0 Å². The highest BCUT2D eigenvalue weighted by Gasteiger charge is 2.18. The van der Waals surface area contributed by atoms with Crippen molar-refractivity contribution in [2.45, 2.75) is 18.1 Å². The first-order chi connectivity index (χ1) is 16.5. The number of rotatable bonds is 8. The summed E-state index contributed by atoms with van der Waals surface area (Å²) in [5.74, 6) is 0.685. The third-order valence-electron chi connectivity index (χ3n) is 5.20. The molecule has 0 aliphatic rings. The number of amides is 2. The summed E-state index contributed by atoms with van der Waals surface area (Å²) < 4.78 is 1.86. The van der Waals surface area contributed by atoms with Gasteiger partial charge in [0.2, 0.25) is 11.8 Å². The molecule has 8 heteroatoms. The molecule has 172 valence electrons. The minimum absolute atomic E-state index is 0.0908. The normalized spacial score (nSPS) is 10.8. The molecule has 0 unspecified atom stereocenters. The predicted octanol–water partition coefficient (Wildman–Crippen LogP) is 4.44. The zero-order valence-corrected chi connectivity index (χ0v) is 19.8. The van der Waals surface area contributed by atoms with Crippen LogP contribution in [0.25, 0.3) is 11.4 Å². The number of thioether (sulfide) groups is 1. The number of carbonyl (C=O) groups is 2. The van der Waals surface area contributed by atoms with Crippen molar-refractivity contribution >= 4 is 29.3 Å². The molecule has 1 heterocycles. The topological polar surface area (TPSA) is 88.9 Å². The zero-order chi connectivity index (χ0) is 23.9. The summed E-state index contributed by atoms with van der Waals surface area (Å²) in [5.41, 5.74) is 3.64. The monoisotopic (exact) mass is 471 g/mol. The molecule has 0 aliphatic carbocycles. The fourth-order valence-electron chi connectivity index (χ4n) is 3.58. The van der Waals surface area contributed by atoms with Gasteiger partial charge in [0.05, 0.1) is 11.8 Å². The molecule has 4 rings (SSSR count). The lowest BCUT2D eigenvalue weighted by Gasteiger charge is -2.19. The van der Waals surface area contributed by atoms with E-state index in [4.69, 9.17) is 0 Å². The van der Waals surface area contributed by atoms with Gasteiger partial charge in [0.15, 0.2) is 11.0 Å². The van der Waals surface area contributed by atoms with Crippen LogP contribution in [-0.2, 0) is 16.6 Å². The van der Waals surface area contributed by atoms with Gasteiger partial charge in [-0.2, -0.15) is 0 Å². The quantitative estimate of drug-likeness (QED) is 0.371. The summed E-state index contributed by atoms with van der Waals surface area (Å²) in [6, 6.07) is 27.0. The molecule has 0 aliphatic heterocycles. The van der Waals surface area contributed by atoms with Crippen molar-refractivity contribution < 1.29 is 9.59 Å². The number of hydrogen-bond donors (Lipinski definition) is 2. The van der Waals surface area contributed by atoms with E-state index in [0.29, 0.717) is 11.0 Å². The van der Waals surface area contributed by atoms with Gasteiger partial charge in [-0.15, -0.1) is 10.2 Å². The lowest BCUT2D eigenvalue weighted by molar-refractivity contribution is -0.119. The van der Waals surface area contributed by atoms with Gasteiger partial charge >= 0.3 is 0 Å². The van der Waals surface area contributed by atoms with Crippen LogP contribution in [0, 0.1) is 0 Å². The molecule has 3 aromatic carbocycles. The van der Waals surface area contributed by atoms with Crippen molar-refractivity contribution in [2.75, 3.05) is 11.1 Å². The van der Waals surface area contributed by atoms with Gasteiger partial charge in [-0.1, -0.05) is 72.4 Å². The van der Waals surface area contributed by atoms with Gasteiger partial charge in [-0.3, -0.25) is 9.59 Å². The summed E-state index contributed by atoms with van der Waals surface area (Å²) in [6.45, 7) is 1.47.